The summed E-state index contributed by atoms with van der Waals surface area (Å²) < 4.78 is 50.0. The maximum atomic E-state index is 13.9. The van der Waals surface area contributed by atoms with Gasteiger partial charge in [0, 0.05) is 12.3 Å². The van der Waals surface area contributed by atoms with Crippen molar-refractivity contribution in [2.45, 2.75) is 13.5 Å². The Balaban J connectivity index is 2.19. The third-order valence-corrected chi connectivity index (χ3v) is 3.54. The van der Waals surface area contributed by atoms with Crippen LogP contribution in [0.5, 0.6) is 0 Å². The van der Waals surface area contributed by atoms with Gasteiger partial charge in [-0.1, -0.05) is 30.3 Å². The van der Waals surface area contributed by atoms with Crippen molar-refractivity contribution in [1.29, 1.82) is 0 Å². The zero-order valence-electron chi connectivity index (χ0n) is 15.2. The molecule has 0 aliphatic heterocycles. The molecule has 1 N–H and O–H groups in total. The number of ketones is 1. The highest BCUT2D eigenvalue weighted by molar-refractivity contribution is 6.24. The van der Waals surface area contributed by atoms with Gasteiger partial charge in [0.15, 0.2) is 11.6 Å². The molecule has 2 aromatic rings. The second-order valence-electron chi connectivity index (χ2n) is 5.56. The minimum Gasteiger partial charge on any atom is -0.462 e. The van der Waals surface area contributed by atoms with Gasteiger partial charge >= 0.3 is 12.1 Å². The number of hydrogen-bond acceptors (Lipinski definition) is 5. The van der Waals surface area contributed by atoms with E-state index in [1.807, 2.05) is 0 Å². The molecule has 29 heavy (non-hydrogen) atoms. The summed E-state index contributed by atoms with van der Waals surface area (Å²) in [6.45, 7) is 1.25. The molecule has 1 amide bonds. The lowest BCUT2D eigenvalue weighted by molar-refractivity contribution is -0.138. The van der Waals surface area contributed by atoms with Crippen molar-refractivity contribution in [3.63, 3.8) is 0 Å². The van der Waals surface area contributed by atoms with Gasteiger partial charge in [0.05, 0.1) is 12.2 Å². The van der Waals surface area contributed by atoms with Gasteiger partial charge in [-0.05, 0) is 18.6 Å². The van der Waals surface area contributed by atoms with Crippen LogP contribution in [0.25, 0.3) is 0 Å². The summed E-state index contributed by atoms with van der Waals surface area (Å²) in [7, 11) is 0. The Bertz CT molecular complexity index is 945. The molecule has 152 valence electrons. The minimum absolute atomic E-state index is 0.0823. The van der Waals surface area contributed by atoms with Crippen LogP contribution in [-0.4, -0.2) is 24.5 Å². The van der Waals surface area contributed by atoms with Crippen molar-refractivity contribution in [3.05, 3.63) is 82.8 Å². The summed E-state index contributed by atoms with van der Waals surface area (Å²) in [4.78, 5) is 36.3. The molecule has 0 aliphatic carbocycles. The van der Waals surface area contributed by atoms with Gasteiger partial charge in [0.1, 0.15) is 18.0 Å². The van der Waals surface area contributed by atoms with Gasteiger partial charge in [0.2, 0.25) is 5.78 Å². The highest BCUT2D eigenvalue weighted by atomic mass is 19.2. The van der Waals surface area contributed by atoms with Crippen LogP contribution in [0.3, 0.4) is 0 Å². The number of carbonyl (C=O) groups is 3. The fourth-order valence-electron chi connectivity index (χ4n) is 2.16. The van der Waals surface area contributed by atoms with E-state index in [-0.39, 0.29) is 19.3 Å². The average Bonchev–Trinajstić information content (AvgIpc) is 2.70. The number of esters is 1. The average molecular weight is 407 g/mol. The van der Waals surface area contributed by atoms with Gasteiger partial charge in [-0.25, -0.2) is 22.8 Å². The third kappa shape index (κ3) is 5.93. The molecule has 0 aliphatic rings. The zero-order chi connectivity index (χ0) is 21.4. The molecular formula is C20H16F3NO5. The van der Waals surface area contributed by atoms with E-state index in [9.17, 15) is 27.6 Å². The normalized spacial score (nSPS) is 11.0. The predicted octanol–water partition coefficient (Wildman–Crippen LogP) is 3.66. The first-order valence-electron chi connectivity index (χ1n) is 8.37. The number of amides is 1. The Morgan fingerprint density at radius 3 is 2.28 bits per heavy atom. The SMILES string of the molecule is CCOC(=O)C(=CNC(=O)OCc1ccccc1)C(=O)c1cc(F)c(F)cc1F. The van der Waals surface area contributed by atoms with Gasteiger partial charge < -0.3 is 9.47 Å². The lowest BCUT2D eigenvalue weighted by Crippen LogP contribution is -2.24. The number of Topliss-reactive ketones (excluding diaryl/α,β-unsaturated/α-hetero) is 1. The molecular weight excluding hydrogens is 391 g/mol. The van der Waals surface area contributed by atoms with Crippen molar-refractivity contribution in [2.75, 3.05) is 6.61 Å². The number of nitrogens with one attached hydrogen (secondary N) is 1. The smallest absolute Gasteiger partial charge is 0.411 e. The molecule has 2 rings (SSSR count). The summed E-state index contributed by atoms with van der Waals surface area (Å²) >= 11 is 0. The molecule has 0 spiro atoms. The molecule has 0 atom stereocenters. The zero-order valence-corrected chi connectivity index (χ0v) is 15.2. The van der Waals surface area contributed by atoms with Gasteiger partial charge in [-0.15, -0.1) is 0 Å². The molecule has 0 heterocycles. The summed E-state index contributed by atoms with van der Waals surface area (Å²) in [6.07, 6.45) is -0.344. The second-order valence-corrected chi connectivity index (χ2v) is 5.56. The number of halogens is 3. The number of carbonyl (C=O) groups excluding carboxylic acids is 3. The van der Waals surface area contributed by atoms with Gasteiger partial charge in [0.25, 0.3) is 0 Å². The molecule has 0 saturated heterocycles. The Kier molecular flexibility index (Phi) is 7.53. The van der Waals surface area contributed by atoms with E-state index in [1.165, 1.54) is 6.92 Å². The molecule has 0 unspecified atom stereocenters. The number of rotatable bonds is 7. The summed E-state index contributed by atoms with van der Waals surface area (Å²) in [6, 6.07) is 9.17. The van der Waals surface area contributed by atoms with Crippen LogP contribution in [0, 0.1) is 17.5 Å². The molecule has 2 aromatic carbocycles. The molecule has 0 fully saturated rings. The number of ether oxygens (including phenoxy) is 2. The second kappa shape index (κ2) is 10.1. The van der Waals surface area contributed by atoms with E-state index in [1.54, 1.807) is 30.3 Å². The Hall–Kier alpha value is -3.62. The Morgan fingerprint density at radius 1 is 0.966 bits per heavy atom. The van der Waals surface area contributed by atoms with Crippen LogP contribution in [0.1, 0.15) is 22.8 Å². The summed E-state index contributed by atoms with van der Waals surface area (Å²) in [5.41, 5.74) is -1.01. The lowest BCUT2D eigenvalue weighted by atomic mass is 10.0. The van der Waals surface area contributed by atoms with Crippen LogP contribution in [0.2, 0.25) is 0 Å². The van der Waals surface area contributed by atoms with Crippen molar-refractivity contribution in [3.8, 4) is 0 Å². The number of alkyl carbamates (subject to hydrolysis) is 1. The van der Waals surface area contributed by atoms with Crippen LogP contribution < -0.4 is 5.32 Å². The Labute approximate surface area is 163 Å². The van der Waals surface area contributed by atoms with E-state index in [0.29, 0.717) is 17.8 Å². The largest absolute Gasteiger partial charge is 0.462 e. The monoisotopic (exact) mass is 407 g/mol. The molecule has 9 heteroatoms. The topological polar surface area (TPSA) is 81.7 Å². The number of hydrogen-bond donors (Lipinski definition) is 1. The molecule has 0 aromatic heterocycles. The molecule has 0 bridgehead atoms. The maximum absolute atomic E-state index is 13.9. The molecule has 0 radical (unpaired) electrons. The van der Waals surface area contributed by atoms with Crippen molar-refractivity contribution < 1.29 is 37.0 Å². The van der Waals surface area contributed by atoms with Crippen molar-refractivity contribution in [2.24, 2.45) is 0 Å². The van der Waals surface area contributed by atoms with Crippen LogP contribution in [-0.2, 0) is 20.9 Å². The molecule has 6 nitrogen and oxygen atoms in total. The lowest BCUT2D eigenvalue weighted by Gasteiger charge is -2.09. The predicted molar refractivity (Wildman–Crippen MR) is 95.1 cm³/mol. The first-order valence-corrected chi connectivity index (χ1v) is 8.37. The standard InChI is InChI=1S/C20H16F3NO5/c1-2-28-19(26)14(18(25)13-8-16(22)17(23)9-15(13)21)10-24-20(27)29-11-12-6-4-3-5-7-12/h3-10H,2,11H2,1H3,(H,24,27). The summed E-state index contributed by atoms with van der Waals surface area (Å²) in [5.74, 6) is -6.85. The van der Waals surface area contributed by atoms with E-state index < -0.39 is 46.4 Å². The van der Waals surface area contributed by atoms with Crippen molar-refractivity contribution >= 4 is 17.8 Å². The first-order chi connectivity index (χ1) is 13.8. The molecule has 0 saturated carbocycles. The van der Waals surface area contributed by atoms with Crippen LogP contribution >= 0.6 is 0 Å². The third-order valence-electron chi connectivity index (χ3n) is 3.54. The summed E-state index contributed by atoms with van der Waals surface area (Å²) in [5, 5.41) is 2.05. The van der Waals surface area contributed by atoms with Crippen LogP contribution in [0.15, 0.2) is 54.2 Å². The van der Waals surface area contributed by atoms with Crippen LogP contribution in [0.4, 0.5) is 18.0 Å². The highest BCUT2D eigenvalue weighted by Gasteiger charge is 2.26. The van der Waals surface area contributed by atoms with Gasteiger partial charge in [-0.3, -0.25) is 10.1 Å². The fraction of sp³-hybridized carbons (Fsp3) is 0.150. The van der Waals surface area contributed by atoms with E-state index in [2.05, 4.69) is 5.32 Å². The van der Waals surface area contributed by atoms with Gasteiger partial charge in [-0.2, -0.15) is 0 Å². The Morgan fingerprint density at radius 2 is 1.62 bits per heavy atom. The fourth-order valence-corrected chi connectivity index (χ4v) is 2.16. The number of benzene rings is 2. The quantitative estimate of drug-likeness (QED) is 0.189. The van der Waals surface area contributed by atoms with Crippen molar-refractivity contribution in [1.82, 2.24) is 5.32 Å². The minimum atomic E-state index is -1.50. The maximum Gasteiger partial charge on any atom is 0.411 e. The first kappa shape index (κ1) is 21.7. The van der Waals surface area contributed by atoms with E-state index in [0.717, 1.165) is 0 Å². The highest BCUT2D eigenvalue weighted by Crippen LogP contribution is 2.18. The van der Waals surface area contributed by atoms with E-state index >= 15 is 0 Å². The van der Waals surface area contributed by atoms with E-state index in [4.69, 9.17) is 9.47 Å².